The van der Waals surface area contributed by atoms with Crippen molar-refractivity contribution in [2.45, 2.75) is 62.4 Å². The largest absolute Gasteiger partial charge is 0.502 e. The molecule has 0 aromatic heterocycles. The fourth-order valence-corrected chi connectivity index (χ4v) is 8.79. The van der Waals surface area contributed by atoms with Gasteiger partial charge in [-0.2, -0.15) is 0 Å². The number of hydrogen-bond acceptors (Lipinski definition) is 17. The van der Waals surface area contributed by atoms with Gasteiger partial charge in [0, 0.05) is 24.1 Å². The summed E-state index contributed by atoms with van der Waals surface area (Å²) in [6, 6.07) is 6.93. The summed E-state index contributed by atoms with van der Waals surface area (Å²) >= 11 is 0.665. The Kier molecular flexibility index (Phi) is 13.2. The van der Waals surface area contributed by atoms with Crippen LogP contribution in [0.2, 0.25) is 0 Å². The molecule has 3 fully saturated rings. The predicted octanol–water partition coefficient (Wildman–Crippen LogP) is 1.09. The van der Waals surface area contributed by atoms with Crippen molar-refractivity contribution in [1.82, 2.24) is 5.32 Å². The quantitative estimate of drug-likeness (QED) is 0.0900. The molecule has 0 bridgehead atoms. The van der Waals surface area contributed by atoms with Crippen molar-refractivity contribution >= 4 is 24.1 Å². The van der Waals surface area contributed by atoms with E-state index >= 15 is 0 Å². The molecule has 3 saturated heterocycles. The van der Waals surface area contributed by atoms with Gasteiger partial charge in [-0.05, 0) is 78.8 Å². The number of cyclic esters (lactones) is 1. The molecule has 2 unspecified atom stereocenters. The van der Waals surface area contributed by atoms with Crippen LogP contribution in [0.25, 0.3) is 0 Å². The number of phenolic OH excluding ortho intramolecular Hbond substituents is 1. The molecule has 5 aliphatic rings. The van der Waals surface area contributed by atoms with Crippen LogP contribution >= 0.6 is 18.2 Å². The van der Waals surface area contributed by atoms with Gasteiger partial charge in [-0.1, -0.05) is 0 Å². The molecule has 4 heterocycles. The highest BCUT2D eigenvalue weighted by Crippen LogP contribution is 2.57. The Morgan fingerprint density at radius 2 is 1.65 bits per heavy atom. The van der Waals surface area contributed by atoms with Crippen LogP contribution in [0.5, 0.6) is 28.7 Å². The smallest absolute Gasteiger partial charge is 0.384 e. The van der Waals surface area contributed by atoms with Gasteiger partial charge in [-0.25, -0.2) is 4.57 Å². The Bertz CT molecular complexity index is 1660. The van der Waals surface area contributed by atoms with Crippen molar-refractivity contribution in [3.8, 4) is 28.7 Å². The van der Waals surface area contributed by atoms with Crippen molar-refractivity contribution in [2.75, 3.05) is 59.6 Å². The Hall–Kier alpha value is -2.91. The van der Waals surface area contributed by atoms with E-state index in [1.807, 2.05) is 0 Å². The lowest BCUT2D eigenvalue weighted by atomic mass is 9.66. The summed E-state index contributed by atoms with van der Waals surface area (Å²) < 4.78 is 61.9. The van der Waals surface area contributed by atoms with Gasteiger partial charge in [0.2, 0.25) is 12.5 Å². The summed E-state index contributed by atoms with van der Waals surface area (Å²) in [5, 5.41) is 35.5. The summed E-state index contributed by atoms with van der Waals surface area (Å²) in [6.07, 6.45) is -5.91. The van der Waals surface area contributed by atoms with E-state index in [1.54, 1.807) is 31.2 Å². The van der Waals surface area contributed by atoms with Crippen LogP contribution in [0.15, 0.2) is 24.3 Å². The first-order chi connectivity index (χ1) is 25.8. The molecule has 8 N–H and O–H groups in total. The third kappa shape index (κ3) is 8.72. The van der Waals surface area contributed by atoms with Crippen molar-refractivity contribution in [2.24, 2.45) is 17.6 Å². The number of fused-ring (bicyclic) bond motifs is 4. The number of carbonyl (C=O) groups is 1. The number of methoxy groups -OCH3 is 2. The number of aliphatic hydroxyl groups is 2. The van der Waals surface area contributed by atoms with Crippen molar-refractivity contribution in [3.63, 3.8) is 0 Å². The molecule has 0 radical (unpaired) electrons. The maximum atomic E-state index is 13.4. The van der Waals surface area contributed by atoms with Crippen LogP contribution in [-0.4, -0.2) is 128 Å². The summed E-state index contributed by atoms with van der Waals surface area (Å²) in [6.45, 7) is 0.108. The number of aromatic hydroxyl groups is 1. The molecule has 0 saturated carbocycles. The molecule has 300 valence electrons. The van der Waals surface area contributed by atoms with Crippen molar-refractivity contribution < 1.29 is 77.1 Å². The fraction of sp³-hybridized carbons (Fsp3) is 0.618. The number of nitrogens with two attached hydrogens (primary N) is 1. The van der Waals surface area contributed by atoms with E-state index in [0.717, 1.165) is 13.0 Å². The number of nitrogens with one attached hydrogen (secondary N) is 1. The predicted molar refractivity (Wildman–Crippen MR) is 189 cm³/mol. The molecule has 1 aliphatic carbocycles. The van der Waals surface area contributed by atoms with E-state index < -0.39 is 73.6 Å². The molecule has 20 heteroatoms. The van der Waals surface area contributed by atoms with Crippen LogP contribution in [0.3, 0.4) is 0 Å². The van der Waals surface area contributed by atoms with Crippen molar-refractivity contribution in [3.05, 3.63) is 41.0 Å². The first-order valence-electron chi connectivity index (χ1n) is 17.4. The van der Waals surface area contributed by atoms with Gasteiger partial charge in [-0.15, -0.1) is 0 Å². The maximum absolute atomic E-state index is 13.4. The van der Waals surface area contributed by atoms with E-state index in [9.17, 15) is 24.7 Å². The number of benzene rings is 2. The molecule has 2 aromatic rings. The zero-order valence-electron chi connectivity index (χ0n) is 29.9. The average molecular weight is 803 g/mol. The zero-order chi connectivity index (χ0) is 38.7. The summed E-state index contributed by atoms with van der Waals surface area (Å²) in [7, 11) is 2.86. The highest BCUT2D eigenvalue weighted by atomic mass is 32.7. The van der Waals surface area contributed by atoms with E-state index in [1.165, 1.54) is 14.2 Å². The lowest BCUT2D eigenvalue weighted by molar-refractivity contribution is -0.364. The molecular formula is C34H47N2O16PS. The minimum absolute atomic E-state index is 0.0301. The first kappa shape index (κ1) is 40.7. The van der Waals surface area contributed by atoms with Gasteiger partial charge < -0.3 is 78.8 Å². The number of phenols is 1. The van der Waals surface area contributed by atoms with Crippen LogP contribution in [0.1, 0.15) is 42.1 Å². The summed E-state index contributed by atoms with van der Waals surface area (Å²) in [4.78, 5) is 30.3. The molecule has 18 nitrogen and oxygen atoms in total. The van der Waals surface area contributed by atoms with Gasteiger partial charge in [0.1, 0.15) is 24.4 Å². The summed E-state index contributed by atoms with van der Waals surface area (Å²) in [5.41, 5.74) is 7.26. The molecule has 7 rings (SSSR count). The van der Waals surface area contributed by atoms with Gasteiger partial charge in [0.05, 0.1) is 39.5 Å². The van der Waals surface area contributed by atoms with Gasteiger partial charge in [0.25, 0.3) is 0 Å². The van der Waals surface area contributed by atoms with E-state index in [2.05, 4.69) is 5.32 Å². The lowest BCUT2D eigenvalue weighted by Gasteiger charge is -2.47. The maximum Gasteiger partial charge on any atom is 0.384 e. The zero-order valence-corrected chi connectivity index (χ0v) is 31.6. The topological polar surface area (TPSA) is 256 Å². The molecule has 2 aromatic carbocycles. The number of carbonyl (C=O) groups excluding carboxylic acids is 1. The standard InChI is InChI=1S/C29H32O13.C5H15N2O3PS/c1-11-36-9-20-27(40-11)24(31)25(32)29(41-20)42-26-14-7-17-16(38-10-39-17)6-13(14)21(22-15(26)8-37-28(22)33)12-4-18(34-2)23(30)19(5-12)35-3;6-2-1-3-7-4-5-12-11(8,9)10/h4-7,11,15,20-22,24-27,29-32H,8-10H2,1-3H3;7H,1-6H2,(H2,8,9,10)/t11-,15?,20-,21-,22+,24-,25-,26?,27-,29+;/m1./s1. The number of esters is 1. The minimum atomic E-state index is -3.87. The van der Waals surface area contributed by atoms with Crippen LogP contribution in [0.4, 0.5) is 0 Å². The molecule has 0 spiro atoms. The molecule has 0 amide bonds. The fourth-order valence-electron chi connectivity index (χ4n) is 7.32. The van der Waals surface area contributed by atoms with Gasteiger partial charge >= 0.3 is 12.8 Å². The number of aliphatic hydroxyl groups excluding tert-OH is 2. The van der Waals surface area contributed by atoms with E-state index in [4.69, 9.17) is 58.2 Å². The second-order valence-electron chi connectivity index (χ2n) is 13.2. The highest BCUT2D eigenvalue weighted by Gasteiger charge is 2.56. The SMILES string of the molecule is COc1cc([C@@H]2c3cc4c(cc3C(O[C@@H]3O[C@@H]5CO[C@@H](C)O[C@H]5[C@H](O)[C@H]3O)C3COC(=O)[C@@H]32)OCO4)cc(OC)c1O.NCCCNCCSP(=O)(O)O. The third-order valence-electron chi connectivity index (χ3n) is 9.84. The number of rotatable bonds is 12. The highest BCUT2D eigenvalue weighted by molar-refractivity contribution is 8.54. The van der Waals surface area contributed by atoms with Crippen LogP contribution < -0.4 is 30.0 Å². The number of ether oxygens (including phenoxy) is 9. The Morgan fingerprint density at radius 3 is 2.30 bits per heavy atom. The lowest BCUT2D eigenvalue weighted by Crippen LogP contribution is -2.63. The molecular weight excluding hydrogens is 755 g/mol. The third-order valence-corrected chi connectivity index (χ3v) is 12.1. The molecule has 4 aliphatic heterocycles. The molecule has 54 heavy (non-hydrogen) atoms. The van der Waals surface area contributed by atoms with Gasteiger partial charge in [-0.3, -0.25) is 4.79 Å². The van der Waals surface area contributed by atoms with Crippen LogP contribution in [-0.2, 0) is 33.0 Å². The Balaban J connectivity index is 0.000000359. The molecule has 10 atom stereocenters. The number of hydrogen-bond donors (Lipinski definition) is 7. The summed E-state index contributed by atoms with van der Waals surface area (Å²) in [5.74, 6) is -0.599. The van der Waals surface area contributed by atoms with Crippen LogP contribution in [0, 0.1) is 11.8 Å². The normalized spacial score (nSPS) is 31.0. The second-order valence-corrected chi connectivity index (χ2v) is 17.1. The van der Waals surface area contributed by atoms with E-state index in [0.29, 0.717) is 58.4 Å². The van der Waals surface area contributed by atoms with Crippen molar-refractivity contribution in [1.29, 1.82) is 0 Å². The minimum Gasteiger partial charge on any atom is -0.502 e. The Labute approximate surface area is 315 Å². The van der Waals surface area contributed by atoms with Gasteiger partial charge in [0.15, 0.2) is 35.6 Å². The second kappa shape index (κ2) is 17.5. The monoisotopic (exact) mass is 802 g/mol. The first-order valence-corrected chi connectivity index (χ1v) is 20.6. The van der Waals surface area contributed by atoms with E-state index in [-0.39, 0.29) is 37.3 Å². The Morgan fingerprint density at radius 1 is 0.963 bits per heavy atom. The average Bonchev–Trinajstić information content (AvgIpc) is 3.77.